The Morgan fingerprint density at radius 3 is 2.58 bits per heavy atom. The fourth-order valence-electron chi connectivity index (χ4n) is 4.41. The first-order valence-corrected chi connectivity index (χ1v) is 9.32. The van der Waals surface area contributed by atoms with Crippen LogP contribution in [0, 0.1) is 11.8 Å². The van der Waals surface area contributed by atoms with Crippen molar-refractivity contribution in [2.75, 3.05) is 20.2 Å². The number of fused-ring (bicyclic) bond motifs is 1. The summed E-state index contributed by atoms with van der Waals surface area (Å²) in [4.78, 5) is 26.0. The Balaban J connectivity index is 1.56. The maximum absolute atomic E-state index is 12.6. The van der Waals surface area contributed by atoms with Crippen LogP contribution in [0.3, 0.4) is 0 Å². The molecule has 2 aliphatic rings. The largest absolute Gasteiger partial charge is 0.508 e. The second-order valence-electron chi connectivity index (χ2n) is 7.50. The number of aromatic hydroxyl groups is 1. The van der Waals surface area contributed by atoms with E-state index in [4.69, 9.17) is 4.74 Å². The van der Waals surface area contributed by atoms with Crippen molar-refractivity contribution in [1.29, 1.82) is 0 Å². The number of methoxy groups -OCH3 is 1. The molecule has 1 heterocycles. The van der Waals surface area contributed by atoms with Gasteiger partial charge >= 0.3 is 0 Å². The highest BCUT2D eigenvalue weighted by Crippen LogP contribution is 2.37. The molecule has 6 nitrogen and oxygen atoms in total. The first kappa shape index (κ1) is 18.7. The molecule has 0 radical (unpaired) electrons. The van der Waals surface area contributed by atoms with Crippen LogP contribution in [0.2, 0.25) is 0 Å². The van der Waals surface area contributed by atoms with E-state index >= 15 is 0 Å². The molecule has 2 N–H and O–H groups in total. The van der Waals surface area contributed by atoms with Gasteiger partial charge in [-0.15, -0.1) is 0 Å². The lowest BCUT2D eigenvalue weighted by Crippen LogP contribution is -2.49. The van der Waals surface area contributed by atoms with Crippen molar-refractivity contribution in [1.82, 2.24) is 10.2 Å². The lowest BCUT2D eigenvalue weighted by molar-refractivity contribution is -0.130. The SMILES string of the molecule is CO[C@@H]1C[C@H]2CN(C(=O)CCc3ccccc3O)C[C@H]2C[C@H]1NC(C)=O. The van der Waals surface area contributed by atoms with Gasteiger partial charge in [-0.1, -0.05) is 18.2 Å². The summed E-state index contributed by atoms with van der Waals surface area (Å²) in [7, 11) is 1.68. The van der Waals surface area contributed by atoms with Gasteiger partial charge in [0.05, 0.1) is 12.1 Å². The predicted molar refractivity (Wildman–Crippen MR) is 97.6 cm³/mol. The van der Waals surface area contributed by atoms with Crippen LogP contribution in [0.5, 0.6) is 5.75 Å². The quantitative estimate of drug-likeness (QED) is 0.838. The van der Waals surface area contributed by atoms with Gasteiger partial charge in [-0.2, -0.15) is 0 Å². The van der Waals surface area contributed by atoms with Crippen LogP contribution < -0.4 is 5.32 Å². The molecule has 1 aliphatic carbocycles. The van der Waals surface area contributed by atoms with E-state index in [2.05, 4.69) is 5.32 Å². The van der Waals surface area contributed by atoms with Crippen LogP contribution in [0.1, 0.15) is 31.7 Å². The summed E-state index contributed by atoms with van der Waals surface area (Å²) < 4.78 is 5.58. The Hall–Kier alpha value is -2.08. The number of phenols is 1. The Bertz CT molecular complexity index is 663. The van der Waals surface area contributed by atoms with Gasteiger partial charge in [0.15, 0.2) is 0 Å². The van der Waals surface area contributed by atoms with Gasteiger partial charge in [-0.25, -0.2) is 0 Å². The van der Waals surface area contributed by atoms with Crippen LogP contribution in [-0.2, 0) is 20.7 Å². The van der Waals surface area contributed by atoms with Crippen LogP contribution >= 0.6 is 0 Å². The number of carbonyl (C=O) groups is 2. The lowest BCUT2D eigenvalue weighted by Gasteiger charge is -2.37. The molecule has 0 bridgehead atoms. The molecule has 2 amide bonds. The van der Waals surface area contributed by atoms with E-state index in [0.29, 0.717) is 24.7 Å². The molecule has 1 saturated carbocycles. The Labute approximate surface area is 154 Å². The number of likely N-dealkylation sites (tertiary alicyclic amines) is 1. The number of nitrogens with zero attached hydrogens (tertiary/aromatic N) is 1. The fourth-order valence-corrected chi connectivity index (χ4v) is 4.41. The molecule has 142 valence electrons. The van der Waals surface area contributed by atoms with Crippen molar-refractivity contribution < 1.29 is 19.4 Å². The monoisotopic (exact) mass is 360 g/mol. The molecular formula is C20H28N2O4. The van der Waals surface area contributed by atoms with Gasteiger partial charge in [-0.05, 0) is 42.7 Å². The second-order valence-corrected chi connectivity index (χ2v) is 7.50. The third-order valence-electron chi connectivity index (χ3n) is 5.76. The average Bonchev–Trinajstić information content (AvgIpc) is 3.02. The Morgan fingerprint density at radius 2 is 1.92 bits per heavy atom. The molecule has 1 aliphatic heterocycles. The smallest absolute Gasteiger partial charge is 0.222 e. The summed E-state index contributed by atoms with van der Waals surface area (Å²) >= 11 is 0. The van der Waals surface area contributed by atoms with Crippen molar-refractivity contribution in [2.24, 2.45) is 11.8 Å². The summed E-state index contributed by atoms with van der Waals surface area (Å²) in [6.45, 7) is 3.04. The summed E-state index contributed by atoms with van der Waals surface area (Å²) in [6, 6.07) is 7.18. The van der Waals surface area contributed by atoms with Crippen LogP contribution in [0.4, 0.5) is 0 Å². The van der Waals surface area contributed by atoms with Crippen LogP contribution in [-0.4, -0.2) is 54.2 Å². The normalized spacial score (nSPS) is 27.8. The van der Waals surface area contributed by atoms with Crippen molar-refractivity contribution in [3.05, 3.63) is 29.8 Å². The molecule has 1 aromatic rings. The zero-order valence-corrected chi connectivity index (χ0v) is 15.5. The van der Waals surface area contributed by atoms with E-state index in [1.165, 1.54) is 6.92 Å². The number of nitrogens with one attached hydrogen (secondary N) is 1. The zero-order valence-electron chi connectivity index (χ0n) is 15.5. The van der Waals surface area contributed by atoms with Crippen molar-refractivity contribution in [3.8, 4) is 5.75 Å². The minimum absolute atomic E-state index is 0.0106. The topological polar surface area (TPSA) is 78.9 Å². The summed E-state index contributed by atoms with van der Waals surface area (Å²) in [5.41, 5.74) is 0.808. The minimum atomic E-state index is -0.0379. The lowest BCUT2D eigenvalue weighted by atomic mass is 9.77. The molecular weight excluding hydrogens is 332 g/mol. The van der Waals surface area contributed by atoms with E-state index in [1.54, 1.807) is 19.2 Å². The molecule has 0 unspecified atom stereocenters. The average molecular weight is 360 g/mol. The number of ether oxygens (including phenoxy) is 1. The number of para-hydroxylation sites is 1. The van der Waals surface area contributed by atoms with Gasteiger partial charge in [-0.3, -0.25) is 9.59 Å². The van der Waals surface area contributed by atoms with E-state index in [0.717, 1.165) is 31.5 Å². The fraction of sp³-hybridized carbons (Fsp3) is 0.600. The van der Waals surface area contributed by atoms with E-state index < -0.39 is 0 Å². The number of phenolic OH excluding ortho intramolecular Hbond substituents is 1. The molecule has 4 atom stereocenters. The van der Waals surface area contributed by atoms with Gasteiger partial charge in [0.25, 0.3) is 0 Å². The standard InChI is InChI=1S/C20H28N2O4/c1-13(23)21-17-9-15-11-22(12-16(15)10-19(17)26-2)20(25)8-7-14-5-3-4-6-18(14)24/h3-6,15-17,19,24H,7-12H2,1-2H3,(H,21,23)/t15-,16+,17-,19-/m1/s1. The second kappa shape index (κ2) is 8.08. The van der Waals surface area contributed by atoms with Gasteiger partial charge in [0.2, 0.25) is 11.8 Å². The van der Waals surface area contributed by atoms with Crippen LogP contribution in [0.15, 0.2) is 24.3 Å². The van der Waals surface area contributed by atoms with Crippen molar-refractivity contribution in [3.63, 3.8) is 0 Å². The summed E-state index contributed by atoms with van der Waals surface area (Å²) in [5.74, 6) is 1.18. The number of amides is 2. The van der Waals surface area contributed by atoms with Gasteiger partial charge in [0, 0.05) is 33.5 Å². The molecule has 0 aromatic heterocycles. The molecule has 2 fully saturated rings. The first-order chi connectivity index (χ1) is 12.5. The van der Waals surface area contributed by atoms with Gasteiger partial charge in [0.1, 0.15) is 5.75 Å². The Morgan fingerprint density at radius 1 is 1.23 bits per heavy atom. The van der Waals surface area contributed by atoms with Crippen molar-refractivity contribution in [2.45, 2.75) is 44.8 Å². The molecule has 26 heavy (non-hydrogen) atoms. The van der Waals surface area contributed by atoms with Gasteiger partial charge < -0.3 is 20.1 Å². The van der Waals surface area contributed by atoms with E-state index in [1.807, 2.05) is 17.0 Å². The molecule has 1 saturated heterocycles. The Kier molecular flexibility index (Phi) is 5.81. The zero-order chi connectivity index (χ0) is 18.7. The first-order valence-electron chi connectivity index (χ1n) is 9.32. The highest BCUT2D eigenvalue weighted by atomic mass is 16.5. The molecule has 0 spiro atoms. The highest BCUT2D eigenvalue weighted by molar-refractivity contribution is 5.77. The number of aryl methyl sites for hydroxylation is 1. The third kappa shape index (κ3) is 4.18. The number of hydrogen-bond acceptors (Lipinski definition) is 4. The summed E-state index contributed by atoms with van der Waals surface area (Å²) in [5, 5.41) is 12.8. The summed E-state index contributed by atoms with van der Waals surface area (Å²) in [6.07, 6.45) is 2.68. The van der Waals surface area contributed by atoms with E-state index in [9.17, 15) is 14.7 Å². The predicted octanol–water partition coefficient (Wildman–Crippen LogP) is 1.71. The minimum Gasteiger partial charge on any atom is -0.508 e. The number of hydrogen-bond donors (Lipinski definition) is 2. The number of benzene rings is 1. The maximum atomic E-state index is 12.6. The van der Waals surface area contributed by atoms with E-state index in [-0.39, 0.29) is 29.7 Å². The number of rotatable bonds is 5. The van der Waals surface area contributed by atoms with Crippen LogP contribution in [0.25, 0.3) is 0 Å². The molecule has 1 aromatic carbocycles. The molecule has 6 heteroatoms. The third-order valence-corrected chi connectivity index (χ3v) is 5.76. The van der Waals surface area contributed by atoms with Crippen molar-refractivity contribution >= 4 is 11.8 Å². The number of carbonyl (C=O) groups excluding carboxylic acids is 2. The highest BCUT2D eigenvalue weighted by Gasteiger charge is 2.43. The molecule has 3 rings (SSSR count). The maximum Gasteiger partial charge on any atom is 0.222 e.